The number of fused-ring (bicyclic) bond motifs is 1. The van der Waals surface area contributed by atoms with E-state index in [1.165, 1.54) is 23.8 Å². The highest BCUT2D eigenvalue weighted by atomic mass is 35.5. The predicted octanol–water partition coefficient (Wildman–Crippen LogP) is 1.87. The minimum Gasteiger partial charge on any atom is -0.457 e. The van der Waals surface area contributed by atoms with Gasteiger partial charge in [-0.2, -0.15) is 0 Å². The molecule has 0 N–H and O–H groups in total. The first-order valence-electron chi connectivity index (χ1n) is 8.68. The summed E-state index contributed by atoms with van der Waals surface area (Å²) in [4.78, 5) is 38.0. The second kappa shape index (κ2) is 7.70. The van der Waals surface area contributed by atoms with E-state index < -0.39 is 17.8 Å². The molecule has 7 nitrogen and oxygen atoms in total. The van der Waals surface area contributed by atoms with Gasteiger partial charge >= 0.3 is 11.7 Å². The van der Waals surface area contributed by atoms with Crippen molar-refractivity contribution in [2.45, 2.75) is 32.3 Å². The molecule has 1 atom stereocenters. The van der Waals surface area contributed by atoms with Crippen molar-refractivity contribution in [2.75, 3.05) is 13.7 Å². The van der Waals surface area contributed by atoms with Crippen LogP contribution >= 0.6 is 11.6 Å². The van der Waals surface area contributed by atoms with Crippen LogP contribution in [0.25, 0.3) is 5.69 Å². The van der Waals surface area contributed by atoms with E-state index in [1.54, 1.807) is 20.0 Å². The molecule has 0 saturated heterocycles. The van der Waals surface area contributed by atoms with Gasteiger partial charge in [-0.25, -0.2) is 14.2 Å². The van der Waals surface area contributed by atoms with Crippen LogP contribution in [-0.2, 0) is 29.4 Å². The van der Waals surface area contributed by atoms with Crippen LogP contribution < -0.4 is 11.2 Å². The first-order chi connectivity index (χ1) is 12.8. The van der Waals surface area contributed by atoms with Crippen molar-refractivity contribution in [1.82, 2.24) is 9.13 Å². The van der Waals surface area contributed by atoms with Crippen molar-refractivity contribution in [3.8, 4) is 5.69 Å². The van der Waals surface area contributed by atoms with Gasteiger partial charge in [0.1, 0.15) is 6.10 Å². The molecule has 1 aliphatic carbocycles. The minimum atomic E-state index is -0.641. The Hall–Kier alpha value is -2.38. The van der Waals surface area contributed by atoms with Gasteiger partial charge in [-0.1, -0.05) is 11.6 Å². The molecule has 1 unspecified atom stereocenters. The molecule has 3 rings (SSSR count). The van der Waals surface area contributed by atoms with Crippen molar-refractivity contribution < 1.29 is 14.3 Å². The zero-order chi connectivity index (χ0) is 19.7. The fourth-order valence-electron chi connectivity index (χ4n) is 3.37. The first-order valence-corrected chi connectivity index (χ1v) is 9.06. The molecule has 0 saturated carbocycles. The molecular weight excluding hydrogens is 372 g/mol. The number of nitrogens with zero attached hydrogens (tertiary/aromatic N) is 2. The third-order valence-corrected chi connectivity index (χ3v) is 5.00. The topological polar surface area (TPSA) is 79.5 Å². The van der Waals surface area contributed by atoms with Crippen LogP contribution in [0.15, 0.2) is 27.8 Å². The Kier molecular flexibility index (Phi) is 5.53. The largest absolute Gasteiger partial charge is 0.457 e. The summed E-state index contributed by atoms with van der Waals surface area (Å²) in [7, 11) is 3.16. The zero-order valence-electron chi connectivity index (χ0n) is 15.5. The normalized spacial score (nSPS) is 14.1. The van der Waals surface area contributed by atoms with Gasteiger partial charge < -0.3 is 14.0 Å². The quantitative estimate of drug-likeness (QED) is 0.726. The first kappa shape index (κ1) is 19.4. The number of esters is 1. The second-order valence-electron chi connectivity index (χ2n) is 6.60. The Morgan fingerprint density at radius 2 is 2.04 bits per heavy atom. The van der Waals surface area contributed by atoms with Gasteiger partial charge in [0.2, 0.25) is 0 Å². The van der Waals surface area contributed by atoms with Gasteiger partial charge in [-0.05, 0) is 44.4 Å². The fourth-order valence-corrected chi connectivity index (χ4v) is 3.56. The van der Waals surface area contributed by atoms with E-state index in [4.69, 9.17) is 21.1 Å². The number of carbonyl (C=O) groups is 1. The maximum absolute atomic E-state index is 12.8. The van der Waals surface area contributed by atoms with Crippen LogP contribution in [0.5, 0.6) is 0 Å². The highest BCUT2D eigenvalue weighted by Gasteiger charge is 2.23. The van der Waals surface area contributed by atoms with Crippen LogP contribution in [-0.4, -0.2) is 34.9 Å². The maximum atomic E-state index is 12.8. The molecule has 2 aromatic rings. The standard InChI is InChI=1S/C19H21ClN2O5/c1-11(10-26-3)27-18(24)14-9-12(7-8-15(14)20)22-17(23)13-5-4-6-16(13)21(2)19(22)25/h7-9,11H,4-6,10H2,1-3H3. The van der Waals surface area contributed by atoms with Crippen LogP contribution in [0.1, 0.15) is 35.0 Å². The number of ether oxygens (including phenoxy) is 2. The van der Waals surface area contributed by atoms with Gasteiger partial charge in [0, 0.05) is 25.4 Å². The maximum Gasteiger partial charge on any atom is 0.340 e. The van der Waals surface area contributed by atoms with E-state index in [1.807, 2.05) is 0 Å². The Labute approximate surface area is 161 Å². The van der Waals surface area contributed by atoms with Gasteiger partial charge in [-0.15, -0.1) is 0 Å². The number of aromatic nitrogens is 2. The van der Waals surface area contributed by atoms with Crippen LogP contribution in [0, 0.1) is 0 Å². The SMILES string of the molecule is COCC(C)OC(=O)c1cc(-n2c(=O)c3c(n(C)c2=O)CCC3)ccc1Cl. The lowest BCUT2D eigenvalue weighted by Gasteiger charge is -2.15. The molecule has 0 radical (unpaired) electrons. The van der Waals surface area contributed by atoms with E-state index in [0.29, 0.717) is 18.4 Å². The second-order valence-corrected chi connectivity index (χ2v) is 7.00. The average Bonchev–Trinajstić information content (AvgIpc) is 3.11. The van der Waals surface area contributed by atoms with E-state index in [9.17, 15) is 14.4 Å². The van der Waals surface area contributed by atoms with Gasteiger partial charge in [0.25, 0.3) is 5.56 Å². The van der Waals surface area contributed by atoms with Crippen molar-refractivity contribution in [3.05, 3.63) is 60.9 Å². The fraction of sp³-hybridized carbons (Fsp3) is 0.421. The molecule has 0 aliphatic heterocycles. The smallest absolute Gasteiger partial charge is 0.340 e. The summed E-state index contributed by atoms with van der Waals surface area (Å²) in [5, 5.41) is 0.180. The molecule has 1 aromatic heterocycles. The van der Waals surface area contributed by atoms with Gasteiger partial charge in [-0.3, -0.25) is 4.79 Å². The number of benzene rings is 1. The molecule has 144 valence electrons. The van der Waals surface area contributed by atoms with E-state index >= 15 is 0 Å². The van der Waals surface area contributed by atoms with Crippen LogP contribution in [0.3, 0.4) is 0 Å². The minimum absolute atomic E-state index is 0.0894. The summed E-state index contributed by atoms with van der Waals surface area (Å²) in [6, 6.07) is 4.43. The Morgan fingerprint density at radius 3 is 2.74 bits per heavy atom. The van der Waals surface area contributed by atoms with Gasteiger partial charge in [0.05, 0.1) is 22.9 Å². The van der Waals surface area contributed by atoms with Crippen molar-refractivity contribution in [3.63, 3.8) is 0 Å². The van der Waals surface area contributed by atoms with Crippen molar-refractivity contribution in [2.24, 2.45) is 7.05 Å². The summed E-state index contributed by atoms with van der Waals surface area (Å²) < 4.78 is 12.8. The van der Waals surface area contributed by atoms with E-state index in [-0.39, 0.29) is 28.4 Å². The number of hydrogen-bond donors (Lipinski definition) is 0. The summed E-state index contributed by atoms with van der Waals surface area (Å²) in [5.41, 5.74) is 1.00. The zero-order valence-corrected chi connectivity index (χ0v) is 16.2. The lowest BCUT2D eigenvalue weighted by Crippen LogP contribution is -2.40. The molecule has 0 spiro atoms. The highest BCUT2D eigenvalue weighted by Crippen LogP contribution is 2.22. The van der Waals surface area contributed by atoms with E-state index in [0.717, 1.165) is 16.7 Å². The number of carbonyl (C=O) groups excluding carboxylic acids is 1. The van der Waals surface area contributed by atoms with Crippen molar-refractivity contribution in [1.29, 1.82) is 0 Å². The lowest BCUT2D eigenvalue weighted by atomic mass is 10.2. The molecule has 0 fully saturated rings. The molecule has 1 aliphatic rings. The Balaban J connectivity index is 2.08. The number of hydrogen-bond acceptors (Lipinski definition) is 5. The molecule has 27 heavy (non-hydrogen) atoms. The molecular formula is C19H21ClN2O5. The molecule has 8 heteroatoms. The predicted molar refractivity (Wildman–Crippen MR) is 101 cm³/mol. The molecule has 1 aromatic carbocycles. The lowest BCUT2D eigenvalue weighted by molar-refractivity contribution is 0.0120. The Morgan fingerprint density at radius 1 is 1.30 bits per heavy atom. The summed E-state index contributed by atoms with van der Waals surface area (Å²) in [5.74, 6) is -0.641. The average molecular weight is 393 g/mol. The number of methoxy groups -OCH3 is 1. The highest BCUT2D eigenvalue weighted by molar-refractivity contribution is 6.33. The van der Waals surface area contributed by atoms with E-state index in [2.05, 4.69) is 0 Å². The Bertz CT molecular complexity index is 1010. The third-order valence-electron chi connectivity index (χ3n) is 4.67. The molecule has 0 amide bonds. The van der Waals surface area contributed by atoms with Crippen LogP contribution in [0.2, 0.25) is 5.02 Å². The summed E-state index contributed by atoms with van der Waals surface area (Å²) >= 11 is 6.14. The third kappa shape index (κ3) is 3.57. The van der Waals surface area contributed by atoms with Crippen LogP contribution in [0.4, 0.5) is 0 Å². The summed E-state index contributed by atoms with van der Waals surface area (Å²) in [6.07, 6.45) is 1.74. The number of rotatable bonds is 5. The number of halogens is 1. The molecule has 0 bridgehead atoms. The monoisotopic (exact) mass is 392 g/mol. The summed E-state index contributed by atoms with van der Waals surface area (Å²) in [6.45, 7) is 1.94. The van der Waals surface area contributed by atoms with Crippen molar-refractivity contribution >= 4 is 17.6 Å². The van der Waals surface area contributed by atoms with Gasteiger partial charge in [0.15, 0.2) is 0 Å². The molecule has 1 heterocycles.